The van der Waals surface area contributed by atoms with Gasteiger partial charge in [0.05, 0.1) is 34.9 Å². The molecule has 5 nitrogen and oxygen atoms in total. The summed E-state index contributed by atoms with van der Waals surface area (Å²) < 4.78 is 1.93. The number of amides is 1. The molecule has 0 aliphatic heterocycles. The van der Waals surface area contributed by atoms with Crippen LogP contribution in [0.2, 0.25) is 0 Å². The standard InChI is InChI=1S/C23H28N4O/c1-15(2)21-20(23(28)25-14-18-8-6-7-13-24-18)22(16(3)4)27(26-21)19-11-9-17(5)10-12-19/h6-13,15-16H,14H2,1-5H3,(H,25,28). The number of nitrogens with one attached hydrogen (secondary N) is 1. The van der Waals surface area contributed by atoms with Gasteiger partial charge < -0.3 is 5.32 Å². The van der Waals surface area contributed by atoms with Crippen molar-refractivity contribution < 1.29 is 4.79 Å². The van der Waals surface area contributed by atoms with Gasteiger partial charge in [-0.05, 0) is 43.0 Å². The van der Waals surface area contributed by atoms with E-state index in [1.165, 1.54) is 5.56 Å². The first-order valence-corrected chi connectivity index (χ1v) is 9.76. The van der Waals surface area contributed by atoms with Crippen LogP contribution in [-0.2, 0) is 6.54 Å². The van der Waals surface area contributed by atoms with Crippen LogP contribution in [-0.4, -0.2) is 20.7 Å². The molecule has 3 rings (SSSR count). The van der Waals surface area contributed by atoms with Gasteiger partial charge >= 0.3 is 0 Å². The maximum atomic E-state index is 13.2. The maximum absolute atomic E-state index is 13.2. The van der Waals surface area contributed by atoms with E-state index >= 15 is 0 Å². The minimum Gasteiger partial charge on any atom is -0.346 e. The normalized spacial score (nSPS) is 11.2. The molecule has 0 atom stereocenters. The fraction of sp³-hybridized carbons (Fsp3) is 0.348. The summed E-state index contributed by atoms with van der Waals surface area (Å²) in [5, 5.41) is 7.87. The van der Waals surface area contributed by atoms with Gasteiger partial charge in [-0.25, -0.2) is 4.68 Å². The fourth-order valence-corrected chi connectivity index (χ4v) is 3.26. The molecular weight excluding hydrogens is 348 g/mol. The van der Waals surface area contributed by atoms with Gasteiger partial charge in [-0.1, -0.05) is 51.5 Å². The van der Waals surface area contributed by atoms with Crippen molar-refractivity contribution in [3.05, 3.63) is 76.9 Å². The van der Waals surface area contributed by atoms with E-state index in [4.69, 9.17) is 5.10 Å². The third-order valence-electron chi connectivity index (χ3n) is 4.70. The highest BCUT2D eigenvalue weighted by molar-refractivity contribution is 5.97. The summed E-state index contributed by atoms with van der Waals surface area (Å²) in [6, 6.07) is 13.9. The monoisotopic (exact) mass is 376 g/mol. The van der Waals surface area contributed by atoms with Crippen molar-refractivity contribution >= 4 is 5.91 Å². The molecule has 1 amide bonds. The summed E-state index contributed by atoms with van der Waals surface area (Å²) in [4.78, 5) is 17.5. The van der Waals surface area contributed by atoms with Crippen LogP contribution in [0.25, 0.3) is 5.69 Å². The lowest BCUT2D eigenvalue weighted by Crippen LogP contribution is -2.25. The first-order valence-electron chi connectivity index (χ1n) is 9.76. The Hall–Kier alpha value is -2.95. The summed E-state index contributed by atoms with van der Waals surface area (Å²) in [6.45, 7) is 10.8. The molecular formula is C23H28N4O. The van der Waals surface area contributed by atoms with Gasteiger partial charge in [0.2, 0.25) is 0 Å². The highest BCUT2D eigenvalue weighted by Crippen LogP contribution is 2.30. The number of aryl methyl sites for hydroxylation is 1. The van der Waals surface area contributed by atoms with Gasteiger partial charge in [-0.2, -0.15) is 5.10 Å². The Morgan fingerprint density at radius 3 is 2.32 bits per heavy atom. The highest BCUT2D eigenvalue weighted by atomic mass is 16.1. The van der Waals surface area contributed by atoms with Crippen LogP contribution in [0.1, 0.15) is 72.5 Å². The predicted molar refractivity (Wildman–Crippen MR) is 112 cm³/mol. The van der Waals surface area contributed by atoms with Crippen molar-refractivity contribution in [2.75, 3.05) is 0 Å². The zero-order valence-corrected chi connectivity index (χ0v) is 17.2. The molecule has 2 heterocycles. The van der Waals surface area contributed by atoms with Crippen molar-refractivity contribution in [1.29, 1.82) is 0 Å². The second kappa shape index (κ2) is 8.38. The Kier molecular flexibility index (Phi) is 5.93. The lowest BCUT2D eigenvalue weighted by Gasteiger charge is -2.13. The molecule has 0 bridgehead atoms. The average molecular weight is 377 g/mol. The van der Waals surface area contributed by atoms with Gasteiger partial charge in [0, 0.05) is 6.20 Å². The summed E-state index contributed by atoms with van der Waals surface area (Å²) in [5.41, 5.74) is 5.44. The van der Waals surface area contributed by atoms with Crippen molar-refractivity contribution in [3.8, 4) is 5.69 Å². The molecule has 0 saturated heterocycles. The number of rotatable bonds is 6. The number of benzene rings is 1. The minimum absolute atomic E-state index is 0.101. The molecule has 0 spiro atoms. The fourth-order valence-electron chi connectivity index (χ4n) is 3.26. The van der Waals surface area contributed by atoms with E-state index < -0.39 is 0 Å². The van der Waals surface area contributed by atoms with Gasteiger partial charge in [-0.3, -0.25) is 9.78 Å². The van der Waals surface area contributed by atoms with Gasteiger partial charge in [0.15, 0.2) is 0 Å². The SMILES string of the molecule is Cc1ccc(-n2nc(C(C)C)c(C(=O)NCc3ccccn3)c2C(C)C)cc1. The molecule has 28 heavy (non-hydrogen) atoms. The van der Waals surface area contributed by atoms with Crippen molar-refractivity contribution in [3.63, 3.8) is 0 Å². The van der Waals surface area contributed by atoms with E-state index in [-0.39, 0.29) is 17.7 Å². The smallest absolute Gasteiger partial charge is 0.255 e. The molecule has 0 radical (unpaired) electrons. The Morgan fingerprint density at radius 1 is 1.04 bits per heavy atom. The number of nitrogens with zero attached hydrogens (tertiary/aromatic N) is 3. The lowest BCUT2D eigenvalue weighted by atomic mass is 9.98. The second-order valence-electron chi connectivity index (χ2n) is 7.71. The van der Waals surface area contributed by atoms with Crippen molar-refractivity contribution in [1.82, 2.24) is 20.1 Å². The maximum Gasteiger partial charge on any atom is 0.255 e. The summed E-state index contributed by atoms with van der Waals surface area (Å²) >= 11 is 0. The quantitative estimate of drug-likeness (QED) is 0.675. The topological polar surface area (TPSA) is 59.8 Å². The van der Waals surface area contributed by atoms with Gasteiger partial charge in [-0.15, -0.1) is 0 Å². The average Bonchev–Trinajstić information content (AvgIpc) is 3.09. The van der Waals surface area contributed by atoms with Crippen molar-refractivity contribution in [2.45, 2.75) is 53.0 Å². The van der Waals surface area contributed by atoms with Crippen molar-refractivity contribution in [2.24, 2.45) is 0 Å². The van der Waals surface area contributed by atoms with Crippen LogP contribution >= 0.6 is 0 Å². The number of aromatic nitrogens is 3. The van der Waals surface area contributed by atoms with E-state index in [1.807, 2.05) is 35.0 Å². The third-order valence-corrected chi connectivity index (χ3v) is 4.70. The number of hydrogen-bond acceptors (Lipinski definition) is 3. The molecule has 0 aliphatic rings. The number of carbonyl (C=O) groups is 1. The minimum atomic E-state index is -0.101. The molecule has 2 aromatic heterocycles. The van der Waals surface area contributed by atoms with Gasteiger partial charge in [0.25, 0.3) is 5.91 Å². The predicted octanol–water partition coefficient (Wildman–Crippen LogP) is 4.75. The van der Waals surface area contributed by atoms with Crippen LogP contribution in [0, 0.1) is 6.92 Å². The zero-order chi connectivity index (χ0) is 20.3. The van der Waals surface area contributed by atoms with E-state index in [0.717, 1.165) is 22.8 Å². The Balaban J connectivity index is 2.02. The molecule has 1 aromatic carbocycles. The Bertz CT molecular complexity index is 941. The van der Waals surface area contributed by atoms with E-state index in [2.05, 4.69) is 57.1 Å². The molecule has 0 fully saturated rings. The summed E-state index contributed by atoms with van der Waals surface area (Å²) in [7, 11) is 0. The number of hydrogen-bond donors (Lipinski definition) is 1. The lowest BCUT2D eigenvalue weighted by molar-refractivity contribution is 0.0947. The van der Waals surface area contributed by atoms with Crippen LogP contribution in [0.3, 0.4) is 0 Å². The second-order valence-corrected chi connectivity index (χ2v) is 7.71. The third kappa shape index (κ3) is 4.14. The largest absolute Gasteiger partial charge is 0.346 e. The van der Waals surface area contributed by atoms with Crippen LogP contribution in [0.15, 0.2) is 48.7 Å². The molecule has 146 valence electrons. The van der Waals surface area contributed by atoms with E-state index in [1.54, 1.807) is 6.20 Å². The molecule has 3 aromatic rings. The van der Waals surface area contributed by atoms with E-state index in [9.17, 15) is 4.79 Å². The summed E-state index contributed by atoms with van der Waals surface area (Å²) in [5.74, 6) is 0.188. The molecule has 0 unspecified atom stereocenters. The van der Waals surface area contributed by atoms with Crippen LogP contribution in [0.4, 0.5) is 0 Å². The van der Waals surface area contributed by atoms with Crippen LogP contribution < -0.4 is 5.32 Å². The Labute approximate surface area is 166 Å². The molecule has 0 aliphatic carbocycles. The molecule has 0 saturated carbocycles. The zero-order valence-electron chi connectivity index (χ0n) is 17.2. The van der Waals surface area contributed by atoms with Crippen LogP contribution in [0.5, 0.6) is 0 Å². The Morgan fingerprint density at radius 2 is 1.75 bits per heavy atom. The van der Waals surface area contributed by atoms with Gasteiger partial charge in [0.1, 0.15) is 0 Å². The molecule has 1 N–H and O–H groups in total. The number of carbonyl (C=O) groups excluding carboxylic acids is 1. The summed E-state index contributed by atoms with van der Waals surface area (Å²) in [6.07, 6.45) is 1.73. The first-order chi connectivity index (χ1) is 13.4. The highest BCUT2D eigenvalue weighted by Gasteiger charge is 2.27. The number of pyridine rings is 1. The first kappa shape index (κ1) is 19.8. The van der Waals surface area contributed by atoms with E-state index in [0.29, 0.717) is 12.1 Å². The molecule has 5 heteroatoms.